The van der Waals surface area contributed by atoms with Crippen molar-refractivity contribution in [1.29, 1.82) is 0 Å². The summed E-state index contributed by atoms with van der Waals surface area (Å²) in [7, 11) is 3.51. The number of nitrogens with one attached hydrogen (secondary N) is 2. The van der Waals surface area contributed by atoms with E-state index in [1.165, 1.54) is 23.3 Å². The van der Waals surface area contributed by atoms with Gasteiger partial charge in [0, 0.05) is 92.2 Å². The number of fused-ring (bicyclic) bond motifs is 6. The van der Waals surface area contributed by atoms with Crippen LogP contribution in [0.25, 0.3) is 27.7 Å². The predicted molar refractivity (Wildman–Crippen MR) is 227 cm³/mol. The van der Waals surface area contributed by atoms with Crippen LogP contribution in [0.5, 0.6) is 0 Å². The molecule has 14 nitrogen and oxygen atoms in total. The first kappa shape index (κ1) is 42.9. The van der Waals surface area contributed by atoms with Crippen LogP contribution in [0.3, 0.4) is 0 Å². The number of cyclic esters (lactones) is 1. The quantitative estimate of drug-likeness (QED) is 0.189. The summed E-state index contributed by atoms with van der Waals surface area (Å²) in [5.41, 5.74) is 9.01. The monoisotopic (exact) mass is 814 g/mol. The Kier molecular flexibility index (Phi) is 13.4. The van der Waals surface area contributed by atoms with E-state index in [4.69, 9.17) is 19.5 Å². The minimum atomic E-state index is -0.985. The molecule has 3 aliphatic heterocycles. The Morgan fingerprint density at radius 3 is 2.71 bits per heavy atom. The maximum absolute atomic E-state index is 14.3. The fourth-order valence-corrected chi connectivity index (χ4v) is 9.04. The number of hydrogen-bond donors (Lipinski definition) is 2. The van der Waals surface area contributed by atoms with Gasteiger partial charge in [0.05, 0.1) is 34.8 Å². The number of rotatable bonds is 8. The normalized spacial score (nSPS) is 23.0. The molecule has 58 heavy (non-hydrogen) atoms. The van der Waals surface area contributed by atoms with Crippen LogP contribution >= 0.6 is 11.3 Å². The van der Waals surface area contributed by atoms with Crippen LogP contribution in [0.15, 0.2) is 46.9 Å². The van der Waals surface area contributed by atoms with Gasteiger partial charge < -0.3 is 24.3 Å². The van der Waals surface area contributed by atoms with Crippen molar-refractivity contribution in [3.05, 3.63) is 58.2 Å². The lowest BCUT2D eigenvalue weighted by molar-refractivity contribution is -0.155. The molecule has 5 heterocycles. The molecule has 0 radical (unpaired) electrons. The van der Waals surface area contributed by atoms with Crippen molar-refractivity contribution in [2.75, 3.05) is 46.9 Å². The van der Waals surface area contributed by atoms with Crippen LogP contribution in [0.4, 0.5) is 0 Å². The molecule has 0 unspecified atom stereocenters. The molecular weight excluding hydrogens is 757 g/mol. The molecule has 312 valence electrons. The summed E-state index contributed by atoms with van der Waals surface area (Å²) >= 11 is 1.43. The molecule has 0 spiro atoms. The number of esters is 1. The largest absolute Gasteiger partial charge is 0.464 e. The number of aromatic nitrogens is 2. The highest BCUT2D eigenvalue weighted by molar-refractivity contribution is 7.10. The van der Waals surface area contributed by atoms with Crippen molar-refractivity contribution < 1.29 is 28.7 Å². The second-order valence-corrected chi connectivity index (χ2v) is 17.1. The third-order valence-electron chi connectivity index (χ3n) is 11.5. The van der Waals surface area contributed by atoms with Crippen molar-refractivity contribution in [2.24, 2.45) is 10.4 Å². The van der Waals surface area contributed by atoms with Crippen molar-refractivity contribution in [3.8, 4) is 11.3 Å². The molecule has 6 rings (SSSR count). The van der Waals surface area contributed by atoms with Crippen LogP contribution < -0.4 is 10.7 Å². The fourth-order valence-electron chi connectivity index (χ4n) is 8.19. The van der Waals surface area contributed by atoms with Gasteiger partial charge in [0.1, 0.15) is 18.1 Å². The van der Waals surface area contributed by atoms with E-state index in [9.17, 15) is 19.2 Å². The van der Waals surface area contributed by atoms with Crippen molar-refractivity contribution in [3.63, 3.8) is 0 Å². The molecule has 2 aromatic heterocycles. The molecule has 1 aromatic carbocycles. The molecule has 3 amide bonds. The first-order valence-corrected chi connectivity index (χ1v) is 21.1. The molecule has 6 bridgehead atoms. The first-order valence-electron chi connectivity index (χ1n) is 20.2. The lowest BCUT2D eigenvalue weighted by Crippen LogP contribution is -2.63. The average molecular weight is 815 g/mol. The topological polar surface area (TPSA) is 151 Å². The third-order valence-corrected chi connectivity index (χ3v) is 12.3. The van der Waals surface area contributed by atoms with E-state index in [-0.39, 0.29) is 43.4 Å². The van der Waals surface area contributed by atoms with Gasteiger partial charge in [0.25, 0.3) is 5.91 Å². The van der Waals surface area contributed by atoms with E-state index < -0.39 is 29.5 Å². The van der Waals surface area contributed by atoms with Crippen LogP contribution in [0.1, 0.15) is 70.6 Å². The van der Waals surface area contributed by atoms with E-state index in [0.29, 0.717) is 50.4 Å². The Balaban J connectivity index is 1.47. The summed E-state index contributed by atoms with van der Waals surface area (Å²) in [6.07, 6.45) is 5.08. The molecule has 2 fully saturated rings. The molecule has 4 atom stereocenters. The van der Waals surface area contributed by atoms with Gasteiger partial charge in [0.15, 0.2) is 0 Å². The highest BCUT2D eigenvalue weighted by Gasteiger charge is 2.38. The second kappa shape index (κ2) is 18.1. The number of piperazine rings is 1. The number of carbonyl (C=O) groups excluding carboxylic acids is 4. The molecule has 3 aromatic rings. The standard InChI is InChI=1S/C43H58N8O6S/c1-10-29(38(44-11-2)26(4)56-9)39-31-22-43(6,7)25-57-42(55)32-14-13-17-51(47-32)41(54)33(46-40(53)36-23-49(27(5)52)19-18-48(36)8)21-37-45-34(24-58-37)28-15-16-35(30(31)20-28)50(39)12-3/h10-11,15-16,20,24,26,32-33,36,47H,1,12-14,17-19,21-23,25H2,2-9H3,(H,46,53)/b38-29+,44-11-/t26-,32-,33-,36+/m0/s1. The number of hydrazine groups is 1. The van der Waals surface area contributed by atoms with Crippen LogP contribution in [-0.4, -0.2) is 125 Å². The molecule has 0 aliphatic carbocycles. The van der Waals surface area contributed by atoms with Crippen LogP contribution in [0, 0.1) is 5.41 Å². The van der Waals surface area contributed by atoms with Crippen LogP contribution in [0.2, 0.25) is 0 Å². The highest BCUT2D eigenvalue weighted by atomic mass is 32.1. The summed E-state index contributed by atoms with van der Waals surface area (Å²) < 4.78 is 14.2. The first-order chi connectivity index (χ1) is 27.7. The van der Waals surface area contributed by atoms with Gasteiger partial charge in [-0.25, -0.2) is 10.4 Å². The number of thiazole rings is 1. The number of allylic oxidation sites excluding steroid dienone is 2. The Morgan fingerprint density at radius 1 is 1.24 bits per heavy atom. The van der Waals surface area contributed by atoms with E-state index in [1.54, 1.807) is 18.2 Å². The molecule has 2 N–H and O–H groups in total. The summed E-state index contributed by atoms with van der Waals surface area (Å²) in [5, 5.41) is 8.16. The number of aliphatic imine (C=N–C) groups is 1. The second-order valence-electron chi connectivity index (χ2n) is 16.2. The zero-order valence-electron chi connectivity index (χ0n) is 35.1. The Hall–Kier alpha value is -4.70. The SMILES string of the molecule is C=C/C(=C(\N=C/C)[C@H](C)OC)c1c2c3cc(ccc3n1CC)-c1csc(n1)C[C@H](NC(=O)[C@H]1CN(C(C)=O)CCN1C)C(=O)N1CCC[C@H](N1)C(=O)OCC(C)(C)C2. The van der Waals surface area contributed by atoms with Crippen molar-refractivity contribution >= 4 is 57.7 Å². The summed E-state index contributed by atoms with van der Waals surface area (Å²) in [5.74, 6) is -1.26. The predicted octanol–water partition coefficient (Wildman–Crippen LogP) is 4.62. The zero-order valence-corrected chi connectivity index (χ0v) is 35.9. The molecule has 3 aliphatic rings. The van der Waals surface area contributed by atoms with Crippen LogP contribution in [-0.2, 0) is 48.0 Å². The number of methoxy groups -OCH3 is 1. The molecule has 15 heteroatoms. The summed E-state index contributed by atoms with van der Waals surface area (Å²) in [4.78, 5) is 67.7. The number of amides is 3. The lowest BCUT2D eigenvalue weighted by atomic mass is 9.84. The van der Waals surface area contributed by atoms with E-state index in [0.717, 1.165) is 44.7 Å². The van der Waals surface area contributed by atoms with E-state index in [1.807, 2.05) is 37.3 Å². The van der Waals surface area contributed by atoms with Gasteiger partial charge in [-0.05, 0) is 64.8 Å². The van der Waals surface area contributed by atoms with Gasteiger partial charge in [-0.3, -0.25) is 34.1 Å². The summed E-state index contributed by atoms with van der Waals surface area (Å²) in [6.45, 7) is 18.3. The maximum Gasteiger partial charge on any atom is 0.324 e. The number of likely N-dealkylation sites (N-methyl/N-ethyl adjacent to an activating group) is 1. The molecule has 2 saturated heterocycles. The number of carbonyl (C=O) groups is 4. The van der Waals surface area contributed by atoms with E-state index >= 15 is 0 Å². The molecule has 0 saturated carbocycles. The maximum atomic E-state index is 14.3. The Bertz CT molecular complexity index is 2120. The number of benzene rings is 1. The van der Waals surface area contributed by atoms with Gasteiger partial charge in [0.2, 0.25) is 11.8 Å². The van der Waals surface area contributed by atoms with E-state index in [2.05, 4.69) is 60.9 Å². The zero-order chi connectivity index (χ0) is 41.9. The average Bonchev–Trinajstić information content (AvgIpc) is 3.80. The molecular formula is C43H58N8O6S. The number of ether oxygens (including phenoxy) is 2. The minimum absolute atomic E-state index is 0.103. The minimum Gasteiger partial charge on any atom is -0.464 e. The third kappa shape index (κ3) is 8.97. The van der Waals surface area contributed by atoms with Crippen molar-refractivity contribution in [2.45, 2.75) is 98.0 Å². The van der Waals surface area contributed by atoms with Gasteiger partial charge in [-0.1, -0.05) is 32.6 Å². The fraction of sp³-hybridized carbons (Fsp3) is 0.535. The Morgan fingerprint density at radius 2 is 2.02 bits per heavy atom. The number of hydrogen-bond acceptors (Lipinski definition) is 11. The Labute approximate surface area is 345 Å². The number of nitrogens with zero attached hydrogens (tertiary/aromatic N) is 6. The smallest absolute Gasteiger partial charge is 0.324 e. The van der Waals surface area contributed by atoms with Gasteiger partial charge in [-0.2, -0.15) is 0 Å². The number of aryl methyl sites for hydroxylation is 1. The highest BCUT2D eigenvalue weighted by Crippen LogP contribution is 2.40. The lowest BCUT2D eigenvalue weighted by Gasteiger charge is -2.39. The van der Waals surface area contributed by atoms with Gasteiger partial charge >= 0.3 is 5.97 Å². The summed E-state index contributed by atoms with van der Waals surface area (Å²) in [6, 6.07) is 3.98. The van der Waals surface area contributed by atoms with Gasteiger partial charge in [-0.15, -0.1) is 11.3 Å². The van der Waals surface area contributed by atoms with Crippen molar-refractivity contribution in [1.82, 2.24) is 35.1 Å².